The van der Waals surface area contributed by atoms with Crippen molar-refractivity contribution in [2.45, 2.75) is 6.42 Å². The molecular weight excluding hydrogens is 404 g/mol. The largest absolute Gasteiger partial charge is 0.504 e. The van der Waals surface area contributed by atoms with Crippen molar-refractivity contribution in [1.82, 2.24) is 5.32 Å². The molecule has 30 heavy (non-hydrogen) atoms. The molecule has 0 unspecified atom stereocenters. The second-order valence-electron chi connectivity index (χ2n) is 6.38. The smallest absolute Gasteiger partial charge is 0.270 e. The number of amides is 2. The van der Waals surface area contributed by atoms with Crippen LogP contribution in [0.5, 0.6) is 17.2 Å². The molecule has 0 radical (unpaired) electrons. The van der Waals surface area contributed by atoms with Crippen LogP contribution in [0, 0.1) is 0 Å². The molecule has 0 spiro atoms. The van der Waals surface area contributed by atoms with E-state index in [2.05, 4.69) is 11.9 Å². The second-order valence-corrected chi connectivity index (χ2v) is 6.77. The van der Waals surface area contributed by atoms with Gasteiger partial charge in [-0.25, -0.2) is 0 Å². The summed E-state index contributed by atoms with van der Waals surface area (Å²) in [6, 6.07) is 9.93. The third-order valence-electron chi connectivity index (χ3n) is 4.50. The number of phenols is 1. The van der Waals surface area contributed by atoms with Gasteiger partial charge in [-0.15, -0.1) is 6.58 Å². The maximum absolute atomic E-state index is 13.1. The van der Waals surface area contributed by atoms with Crippen LogP contribution in [0.4, 0.5) is 5.69 Å². The molecule has 0 atom stereocenters. The Balaban J connectivity index is 2.04. The lowest BCUT2D eigenvalue weighted by atomic mass is 10.0. The van der Waals surface area contributed by atoms with Crippen LogP contribution in [0.15, 0.2) is 54.6 Å². The molecule has 1 saturated heterocycles. The van der Waals surface area contributed by atoms with E-state index in [-0.39, 0.29) is 22.2 Å². The van der Waals surface area contributed by atoms with Crippen molar-refractivity contribution < 1.29 is 24.2 Å². The Kier molecular flexibility index (Phi) is 6.17. The minimum absolute atomic E-state index is 0.0112. The van der Waals surface area contributed by atoms with Crippen LogP contribution in [0.3, 0.4) is 0 Å². The predicted octanol–water partition coefficient (Wildman–Crippen LogP) is 2.97. The van der Waals surface area contributed by atoms with Gasteiger partial charge in [0, 0.05) is 5.56 Å². The first-order valence-electron chi connectivity index (χ1n) is 8.96. The quantitative estimate of drug-likeness (QED) is 0.321. The van der Waals surface area contributed by atoms with Gasteiger partial charge in [0.1, 0.15) is 11.3 Å². The van der Waals surface area contributed by atoms with E-state index >= 15 is 0 Å². The summed E-state index contributed by atoms with van der Waals surface area (Å²) in [5, 5.41) is 12.8. The van der Waals surface area contributed by atoms with Crippen molar-refractivity contribution in [3.63, 3.8) is 0 Å². The number of benzene rings is 2. The number of thiocarbonyl (C=S) groups is 1. The molecule has 2 aromatic rings. The number of rotatable bonds is 6. The van der Waals surface area contributed by atoms with Crippen LogP contribution in [0.1, 0.15) is 11.1 Å². The Morgan fingerprint density at radius 1 is 1.17 bits per heavy atom. The minimum atomic E-state index is -0.605. The summed E-state index contributed by atoms with van der Waals surface area (Å²) < 4.78 is 10.3. The van der Waals surface area contributed by atoms with Gasteiger partial charge in [0.15, 0.2) is 16.6 Å². The van der Waals surface area contributed by atoms with Gasteiger partial charge < -0.3 is 14.6 Å². The van der Waals surface area contributed by atoms with E-state index in [0.717, 1.165) is 0 Å². The summed E-state index contributed by atoms with van der Waals surface area (Å²) in [6.07, 6.45) is 3.46. The van der Waals surface area contributed by atoms with Gasteiger partial charge in [0.05, 0.1) is 19.9 Å². The van der Waals surface area contributed by atoms with Crippen LogP contribution in [0.25, 0.3) is 6.08 Å². The van der Waals surface area contributed by atoms with Gasteiger partial charge in [-0.1, -0.05) is 6.08 Å². The Hall–Kier alpha value is -3.65. The molecule has 1 aliphatic heterocycles. The summed E-state index contributed by atoms with van der Waals surface area (Å²) in [4.78, 5) is 26.9. The standard InChI is InChI=1S/C22H20N2O5S/c1-4-5-14-10-13(12-18(29-3)19(14)25)11-17-20(26)23-22(30)24(21(17)27)15-6-8-16(28-2)9-7-15/h4,6-12,25H,1,5H2,2-3H3,(H,23,26,30)/b17-11-. The lowest BCUT2D eigenvalue weighted by molar-refractivity contribution is -0.122. The SMILES string of the molecule is C=CCc1cc(/C=C2/C(=O)NC(=S)N(c3ccc(OC)cc3)C2=O)cc(OC)c1O. The third-order valence-corrected chi connectivity index (χ3v) is 4.79. The number of carbonyl (C=O) groups excluding carboxylic acids is 2. The normalized spacial score (nSPS) is 15.2. The fraction of sp³-hybridized carbons (Fsp3) is 0.136. The molecular formula is C22H20N2O5S. The Morgan fingerprint density at radius 3 is 2.47 bits per heavy atom. The van der Waals surface area contributed by atoms with Crippen LogP contribution >= 0.6 is 12.2 Å². The van der Waals surface area contributed by atoms with E-state index in [1.165, 1.54) is 18.1 Å². The summed E-state index contributed by atoms with van der Waals surface area (Å²) in [5.74, 6) is -0.328. The van der Waals surface area contributed by atoms with E-state index in [1.807, 2.05) is 0 Å². The Labute approximate surface area is 179 Å². The second kappa shape index (κ2) is 8.79. The van der Waals surface area contributed by atoms with E-state index in [4.69, 9.17) is 21.7 Å². The monoisotopic (exact) mass is 424 g/mol. The predicted molar refractivity (Wildman–Crippen MR) is 118 cm³/mol. The van der Waals surface area contributed by atoms with Crippen LogP contribution in [0.2, 0.25) is 0 Å². The van der Waals surface area contributed by atoms with Crippen LogP contribution < -0.4 is 19.7 Å². The molecule has 1 fully saturated rings. The Morgan fingerprint density at radius 2 is 1.87 bits per heavy atom. The molecule has 2 amide bonds. The van der Waals surface area contributed by atoms with Crippen molar-refractivity contribution in [3.05, 3.63) is 65.8 Å². The zero-order valence-corrected chi connectivity index (χ0v) is 17.3. The van der Waals surface area contributed by atoms with Crippen molar-refractivity contribution >= 4 is 40.9 Å². The average molecular weight is 424 g/mol. The van der Waals surface area contributed by atoms with Crippen molar-refractivity contribution in [2.75, 3.05) is 19.1 Å². The highest BCUT2D eigenvalue weighted by molar-refractivity contribution is 7.80. The molecule has 8 heteroatoms. The fourth-order valence-electron chi connectivity index (χ4n) is 3.03. The lowest BCUT2D eigenvalue weighted by Gasteiger charge is -2.29. The van der Waals surface area contributed by atoms with Crippen molar-refractivity contribution in [2.24, 2.45) is 0 Å². The van der Waals surface area contributed by atoms with Gasteiger partial charge in [0.2, 0.25) is 0 Å². The molecule has 0 aliphatic carbocycles. The number of hydrogen-bond donors (Lipinski definition) is 2. The molecule has 2 aromatic carbocycles. The minimum Gasteiger partial charge on any atom is -0.504 e. The molecule has 1 heterocycles. The van der Waals surface area contributed by atoms with Gasteiger partial charge >= 0.3 is 0 Å². The maximum atomic E-state index is 13.1. The van der Waals surface area contributed by atoms with E-state index in [9.17, 15) is 14.7 Å². The molecule has 154 valence electrons. The topological polar surface area (TPSA) is 88.1 Å². The first kappa shape index (κ1) is 21.1. The van der Waals surface area contributed by atoms with Crippen molar-refractivity contribution in [1.29, 1.82) is 0 Å². The first-order chi connectivity index (χ1) is 14.4. The zero-order chi connectivity index (χ0) is 21.8. The number of hydrogen-bond acceptors (Lipinski definition) is 6. The summed E-state index contributed by atoms with van der Waals surface area (Å²) in [6.45, 7) is 3.67. The van der Waals surface area contributed by atoms with Crippen LogP contribution in [-0.2, 0) is 16.0 Å². The number of nitrogens with one attached hydrogen (secondary N) is 1. The van der Waals surface area contributed by atoms with Crippen molar-refractivity contribution in [3.8, 4) is 17.2 Å². The maximum Gasteiger partial charge on any atom is 0.270 e. The van der Waals surface area contributed by atoms with E-state index < -0.39 is 11.8 Å². The number of allylic oxidation sites excluding steroid dienone is 1. The highest BCUT2D eigenvalue weighted by atomic mass is 32.1. The third kappa shape index (κ3) is 4.04. The molecule has 0 bridgehead atoms. The first-order valence-corrected chi connectivity index (χ1v) is 9.36. The summed E-state index contributed by atoms with van der Waals surface area (Å²) >= 11 is 5.20. The number of aromatic hydroxyl groups is 1. The number of anilines is 1. The van der Waals surface area contributed by atoms with Gasteiger partial charge in [-0.3, -0.25) is 19.8 Å². The highest BCUT2D eigenvalue weighted by Crippen LogP contribution is 2.33. The van der Waals surface area contributed by atoms with Gasteiger partial charge in [-0.2, -0.15) is 0 Å². The van der Waals surface area contributed by atoms with Gasteiger partial charge in [0.25, 0.3) is 11.8 Å². The molecule has 0 aromatic heterocycles. The number of nitrogens with zero attached hydrogens (tertiary/aromatic N) is 1. The number of carbonyl (C=O) groups is 2. The molecule has 0 saturated carbocycles. The average Bonchev–Trinajstić information content (AvgIpc) is 2.73. The molecule has 3 rings (SSSR count). The molecule has 7 nitrogen and oxygen atoms in total. The molecule has 2 N–H and O–H groups in total. The number of phenolic OH excluding ortho intramolecular Hbond substituents is 1. The summed E-state index contributed by atoms with van der Waals surface area (Å²) in [7, 11) is 2.96. The highest BCUT2D eigenvalue weighted by Gasteiger charge is 2.34. The zero-order valence-electron chi connectivity index (χ0n) is 16.5. The summed E-state index contributed by atoms with van der Waals surface area (Å²) in [5.41, 5.74) is 1.47. The van der Waals surface area contributed by atoms with Gasteiger partial charge in [-0.05, 0) is 66.7 Å². The fourth-order valence-corrected chi connectivity index (χ4v) is 3.31. The number of ether oxygens (including phenoxy) is 2. The molecule has 1 aliphatic rings. The Bertz CT molecular complexity index is 1060. The lowest BCUT2D eigenvalue weighted by Crippen LogP contribution is -2.54. The van der Waals surface area contributed by atoms with Crippen LogP contribution in [-0.4, -0.2) is 36.3 Å². The number of methoxy groups -OCH3 is 2. The van der Waals surface area contributed by atoms with E-state index in [1.54, 1.807) is 49.6 Å². The van der Waals surface area contributed by atoms with E-state index in [0.29, 0.717) is 29.0 Å².